The molecule has 1 N–H and O–H groups in total. The van der Waals surface area contributed by atoms with Crippen molar-refractivity contribution in [2.75, 3.05) is 44.4 Å². The van der Waals surface area contributed by atoms with Gasteiger partial charge >= 0.3 is 0 Å². The maximum Gasteiger partial charge on any atom is 0.255 e. The number of thiazole rings is 1. The smallest absolute Gasteiger partial charge is 0.255 e. The summed E-state index contributed by atoms with van der Waals surface area (Å²) < 4.78 is 14.2. The van der Waals surface area contributed by atoms with Gasteiger partial charge in [0.05, 0.1) is 10.2 Å². The molecule has 0 bridgehead atoms. The molecule has 33 heavy (non-hydrogen) atoms. The van der Waals surface area contributed by atoms with E-state index in [1.54, 1.807) is 35.6 Å². The molecule has 4 aromatic rings. The number of anilines is 2. The Morgan fingerprint density at radius 1 is 0.939 bits per heavy atom. The molecule has 1 aromatic heterocycles. The molecule has 0 aliphatic rings. The zero-order valence-electron chi connectivity index (χ0n) is 19.2. The lowest BCUT2D eigenvalue weighted by atomic mass is 10.0. The van der Waals surface area contributed by atoms with Crippen LogP contribution in [0.5, 0.6) is 0 Å². The van der Waals surface area contributed by atoms with Crippen molar-refractivity contribution in [3.63, 3.8) is 0 Å². The van der Waals surface area contributed by atoms with E-state index in [2.05, 4.69) is 36.3 Å². The number of nitrogens with zero attached hydrogens (tertiary/aromatic N) is 3. The summed E-state index contributed by atoms with van der Waals surface area (Å²) in [4.78, 5) is 21.9. The van der Waals surface area contributed by atoms with Gasteiger partial charge < -0.3 is 15.1 Å². The second kappa shape index (κ2) is 9.68. The lowest BCUT2D eigenvalue weighted by Gasteiger charge is -2.18. The third kappa shape index (κ3) is 5.21. The molecule has 0 fully saturated rings. The summed E-state index contributed by atoms with van der Waals surface area (Å²) in [6, 6.07) is 17.5. The summed E-state index contributed by atoms with van der Waals surface area (Å²) in [6.07, 6.45) is 0. The van der Waals surface area contributed by atoms with Gasteiger partial charge in [0.1, 0.15) is 5.82 Å². The van der Waals surface area contributed by atoms with E-state index in [4.69, 9.17) is 4.98 Å². The third-order valence-corrected chi connectivity index (χ3v) is 6.88. The number of carbonyl (C=O) groups is 1. The maximum atomic E-state index is 13.2. The standard InChI is InChI=1S/C26H27FN4OS/c1-17-22(13-14-23-24(17)33-26(29-23)31(4)16-15-30(2)3)28-25(32)20-7-5-18(6-8-20)19-9-11-21(27)12-10-19/h5-14H,15-16H2,1-4H3,(H,28,32). The van der Waals surface area contributed by atoms with E-state index in [0.717, 1.165) is 50.8 Å². The van der Waals surface area contributed by atoms with E-state index in [-0.39, 0.29) is 11.7 Å². The highest BCUT2D eigenvalue weighted by molar-refractivity contribution is 7.22. The van der Waals surface area contributed by atoms with E-state index < -0.39 is 0 Å². The number of amides is 1. The number of fused-ring (bicyclic) bond motifs is 1. The Kier molecular flexibility index (Phi) is 6.72. The first-order valence-electron chi connectivity index (χ1n) is 10.7. The zero-order valence-corrected chi connectivity index (χ0v) is 20.0. The number of likely N-dealkylation sites (N-methyl/N-ethyl adjacent to an activating group) is 2. The number of rotatable bonds is 7. The van der Waals surface area contributed by atoms with Crippen molar-refractivity contribution in [3.8, 4) is 11.1 Å². The molecule has 0 saturated carbocycles. The van der Waals surface area contributed by atoms with Gasteiger partial charge in [-0.1, -0.05) is 35.6 Å². The molecule has 3 aromatic carbocycles. The summed E-state index contributed by atoms with van der Waals surface area (Å²) in [7, 11) is 6.16. The second-order valence-electron chi connectivity index (χ2n) is 8.35. The topological polar surface area (TPSA) is 48.5 Å². The Labute approximate surface area is 197 Å². The van der Waals surface area contributed by atoms with Gasteiger partial charge in [-0.25, -0.2) is 9.37 Å². The SMILES string of the molecule is Cc1c(NC(=O)c2ccc(-c3ccc(F)cc3)cc2)ccc2nc(N(C)CCN(C)C)sc12. The zero-order chi connectivity index (χ0) is 23.5. The van der Waals surface area contributed by atoms with E-state index >= 15 is 0 Å². The normalized spacial score (nSPS) is 11.2. The van der Waals surface area contributed by atoms with Crippen LogP contribution in [0.15, 0.2) is 60.7 Å². The molecule has 0 aliphatic heterocycles. The first-order valence-corrected chi connectivity index (χ1v) is 11.6. The molecule has 1 heterocycles. The van der Waals surface area contributed by atoms with Gasteiger partial charge in [-0.3, -0.25) is 4.79 Å². The van der Waals surface area contributed by atoms with Crippen molar-refractivity contribution < 1.29 is 9.18 Å². The number of aromatic nitrogens is 1. The van der Waals surface area contributed by atoms with Crippen molar-refractivity contribution in [1.82, 2.24) is 9.88 Å². The Hall–Kier alpha value is -3.29. The van der Waals surface area contributed by atoms with E-state index in [9.17, 15) is 9.18 Å². The summed E-state index contributed by atoms with van der Waals surface area (Å²) in [5.74, 6) is -0.439. The highest BCUT2D eigenvalue weighted by atomic mass is 32.1. The van der Waals surface area contributed by atoms with Gasteiger partial charge in [0, 0.05) is 31.4 Å². The van der Waals surface area contributed by atoms with Crippen LogP contribution >= 0.6 is 11.3 Å². The molecule has 0 saturated heterocycles. The molecule has 1 amide bonds. The fraction of sp³-hybridized carbons (Fsp3) is 0.231. The maximum absolute atomic E-state index is 13.2. The molecule has 0 aliphatic carbocycles. The number of hydrogen-bond acceptors (Lipinski definition) is 5. The number of carbonyl (C=O) groups excluding carboxylic acids is 1. The lowest BCUT2D eigenvalue weighted by Crippen LogP contribution is -2.28. The number of benzene rings is 3. The average Bonchev–Trinajstić information content (AvgIpc) is 3.25. The van der Waals surface area contributed by atoms with Crippen LogP contribution in [0.25, 0.3) is 21.3 Å². The largest absolute Gasteiger partial charge is 0.350 e. The molecule has 5 nitrogen and oxygen atoms in total. The van der Waals surface area contributed by atoms with Gasteiger partial charge in [0.15, 0.2) is 5.13 Å². The minimum atomic E-state index is -0.268. The van der Waals surface area contributed by atoms with E-state index in [1.165, 1.54) is 12.1 Å². The summed E-state index contributed by atoms with van der Waals surface area (Å²) in [6.45, 7) is 3.85. The van der Waals surface area contributed by atoms with Crippen LogP contribution in [0.3, 0.4) is 0 Å². The average molecular weight is 463 g/mol. The molecule has 4 rings (SSSR count). The minimum Gasteiger partial charge on any atom is -0.350 e. The van der Waals surface area contributed by atoms with Crippen LogP contribution in [-0.2, 0) is 0 Å². The number of hydrogen-bond donors (Lipinski definition) is 1. The summed E-state index contributed by atoms with van der Waals surface area (Å²) in [5.41, 5.74) is 5.12. The van der Waals surface area contributed by atoms with Gasteiger partial charge in [-0.15, -0.1) is 0 Å². The quantitative estimate of drug-likeness (QED) is 0.385. The van der Waals surface area contributed by atoms with Crippen LogP contribution in [0.1, 0.15) is 15.9 Å². The Morgan fingerprint density at radius 2 is 1.58 bits per heavy atom. The van der Waals surface area contributed by atoms with Crippen molar-refractivity contribution in [3.05, 3.63) is 77.6 Å². The highest BCUT2D eigenvalue weighted by Gasteiger charge is 2.14. The Morgan fingerprint density at radius 3 is 2.21 bits per heavy atom. The van der Waals surface area contributed by atoms with E-state index in [1.807, 2.05) is 31.2 Å². The van der Waals surface area contributed by atoms with Gasteiger partial charge in [-0.2, -0.15) is 0 Å². The van der Waals surface area contributed by atoms with Gasteiger partial charge in [0.25, 0.3) is 5.91 Å². The monoisotopic (exact) mass is 462 g/mol. The van der Waals surface area contributed by atoms with Crippen LogP contribution in [-0.4, -0.2) is 50.0 Å². The van der Waals surface area contributed by atoms with Crippen molar-refractivity contribution in [2.24, 2.45) is 0 Å². The highest BCUT2D eigenvalue weighted by Crippen LogP contribution is 2.34. The molecule has 0 radical (unpaired) electrons. The van der Waals surface area contributed by atoms with Crippen molar-refractivity contribution in [2.45, 2.75) is 6.92 Å². The number of aryl methyl sites for hydroxylation is 1. The lowest BCUT2D eigenvalue weighted by molar-refractivity contribution is 0.102. The summed E-state index contributed by atoms with van der Waals surface area (Å²) >= 11 is 1.64. The van der Waals surface area contributed by atoms with Crippen molar-refractivity contribution in [1.29, 1.82) is 0 Å². The van der Waals surface area contributed by atoms with Crippen LogP contribution in [0.2, 0.25) is 0 Å². The molecular weight excluding hydrogens is 435 g/mol. The van der Waals surface area contributed by atoms with Crippen LogP contribution in [0, 0.1) is 12.7 Å². The van der Waals surface area contributed by atoms with E-state index in [0.29, 0.717) is 5.56 Å². The predicted octanol–water partition coefficient (Wildman–Crippen LogP) is 5.66. The number of nitrogens with one attached hydrogen (secondary N) is 1. The first-order chi connectivity index (χ1) is 15.8. The predicted molar refractivity (Wildman–Crippen MR) is 136 cm³/mol. The Bertz CT molecular complexity index is 1270. The fourth-order valence-corrected chi connectivity index (χ4v) is 4.56. The molecule has 7 heteroatoms. The molecule has 0 atom stereocenters. The molecule has 0 unspecified atom stereocenters. The first kappa shape index (κ1) is 22.9. The molecular formula is C26H27FN4OS. The minimum absolute atomic E-state index is 0.170. The summed E-state index contributed by atoms with van der Waals surface area (Å²) in [5, 5.41) is 4.00. The second-order valence-corrected chi connectivity index (χ2v) is 9.32. The number of halogens is 1. The van der Waals surface area contributed by atoms with Gasteiger partial charge in [-0.05, 0) is 74.1 Å². The third-order valence-electron chi connectivity index (χ3n) is 5.58. The van der Waals surface area contributed by atoms with Crippen molar-refractivity contribution >= 4 is 38.3 Å². The fourth-order valence-electron chi connectivity index (χ4n) is 3.51. The van der Waals surface area contributed by atoms with Crippen LogP contribution < -0.4 is 10.2 Å². The molecule has 0 spiro atoms. The van der Waals surface area contributed by atoms with Gasteiger partial charge in [0.2, 0.25) is 0 Å². The Balaban J connectivity index is 1.50. The van der Waals surface area contributed by atoms with Crippen LogP contribution in [0.4, 0.5) is 15.2 Å². The molecule has 170 valence electrons.